The molecule has 0 bridgehead atoms. The fourth-order valence-electron chi connectivity index (χ4n) is 1.41. The highest BCUT2D eigenvalue weighted by Crippen LogP contribution is 2.14. The third-order valence-electron chi connectivity index (χ3n) is 2.15. The molecule has 0 amide bonds. The van der Waals surface area contributed by atoms with Gasteiger partial charge in [0.25, 0.3) is 0 Å². The van der Waals surface area contributed by atoms with E-state index >= 15 is 0 Å². The minimum Gasteiger partial charge on any atom is -0.397 e. The lowest BCUT2D eigenvalue weighted by Crippen LogP contribution is -2.00. The summed E-state index contributed by atoms with van der Waals surface area (Å²) in [5.74, 6) is 0. The molecular weight excluding hydrogens is 266 g/mol. The Morgan fingerprint density at radius 2 is 2.12 bits per heavy atom. The topological polar surface area (TPSA) is 50.9 Å². The first-order valence-corrected chi connectivity index (χ1v) is 5.72. The lowest BCUT2D eigenvalue weighted by molar-refractivity contribution is 1.14. The average Bonchev–Trinajstić information content (AvgIpc) is 2.27. The fourth-order valence-corrected chi connectivity index (χ4v) is 1.85. The maximum Gasteiger partial charge on any atom is 0.0550 e. The zero-order chi connectivity index (χ0) is 11.4. The molecular formula is C12H12BrN3. The number of pyridine rings is 1. The third kappa shape index (κ3) is 2.97. The summed E-state index contributed by atoms with van der Waals surface area (Å²) >= 11 is 3.44. The van der Waals surface area contributed by atoms with Gasteiger partial charge in [-0.3, -0.25) is 4.98 Å². The van der Waals surface area contributed by atoms with Crippen LogP contribution in [0.5, 0.6) is 0 Å². The van der Waals surface area contributed by atoms with E-state index in [1.807, 2.05) is 18.2 Å². The second-order valence-electron chi connectivity index (χ2n) is 3.49. The minimum atomic E-state index is 0.666. The van der Waals surface area contributed by atoms with Crippen LogP contribution < -0.4 is 11.1 Å². The molecule has 0 aliphatic carbocycles. The predicted molar refractivity (Wildman–Crippen MR) is 70.1 cm³/mol. The molecule has 1 aromatic heterocycles. The summed E-state index contributed by atoms with van der Waals surface area (Å²) in [5.41, 5.74) is 8.44. The number of anilines is 2. The lowest BCUT2D eigenvalue weighted by atomic mass is 10.2. The van der Waals surface area contributed by atoms with E-state index in [4.69, 9.17) is 5.73 Å². The largest absolute Gasteiger partial charge is 0.397 e. The molecule has 0 spiro atoms. The SMILES string of the molecule is Nc1cncc(NCc2cccc(Br)c2)c1. The molecule has 2 rings (SSSR count). The summed E-state index contributed by atoms with van der Waals surface area (Å²) in [6.07, 6.45) is 3.39. The van der Waals surface area contributed by atoms with E-state index in [9.17, 15) is 0 Å². The molecule has 0 saturated carbocycles. The van der Waals surface area contributed by atoms with Crippen molar-refractivity contribution in [2.24, 2.45) is 0 Å². The number of halogens is 1. The van der Waals surface area contributed by atoms with Crippen molar-refractivity contribution in [1.82, 2.24) is 4.98 Å². The number of nitrogens with zero attached hydrogens (tertiary/aromatic N) is 1. The second-order valence-corrected chi connectivity index (χ2v) is 4.41. The predicted octanol–water partition coefficient (Wildman–Crippen LogP) is 3.04. The Morgan fingerprint density at radius 3 is 2.88 bits per heavy atom. The number of nitrogen functional groups attached to an aromatic ring is 1. The van der Waals surface area contributed by atoms with Gasteiger partial charge in [0.05, 0.1) is 17.6 Å². The molecule has 2 aromatic rings. The van der Waals surface area contributed by atoms with E-state index in [1.165, 1.54) is 5.56 Å². The summed E-state index contributed by atoms with van der Waals surface area (Å²) in [5, 5.41) is 3.27. The highest BCUT2D eigenvalue weighted by atomic mass is 79.9. The van der Waals surface area contributed by atoms with Crippen molar-refractivity contribution in [3.8, 4) is 0 Å². The zero-order valence-corrected chi connectivity index (χ0v) is 10.2. The Kier molecular flexibility index (Phi) is 3.41. The monoisotopic (exact) mass is 277 g/mol. The first kappa shape index (κ1) is 11.0. The van der Waals surface area contributed by atoms with E-state index < -0.39 is 0 Å². The van der Waals surface area contributed by atoms with Crippen LogP contribution in [0.3, 0.4) is 0 Å². The van der Waals surface area contributed by atoms with Crippen LogP contribution in [0.25, 0.3) is 0 Å². The Bertz CT molecular complexity index is 440. The smallest absolute Gasteiger partial charge is 0.0550 e. The summed E-state index contributed by atoms with van der Waals surface area (Å²) < 4.78 is 1.08. The molecule has 1 heterocycles. The maximum absolute atomic E-state index is 5.64. The quantitative estimate of drug-likeness (QED) is 0.907. The summed E-state index contributed by atoms with van der Waals surface area (Å²) in [4.78, 5) is 4.02. The van der Waals surface area contributed by atoms with Crippen molar-refractivity contribution in [1.29, 1.82) is 0 Å². The van der Waals surface area contributed by atoms with Crippen LogP contribution in [-0.2, 0) is 6.54 Å². The van der Waals surface area contributed by atoms with Crippen molar-refractivity contribution in [3.05, 3.63) is 52.8 Å². The molecule has 0 radical (unpaired) electrons. The summed E-state index contributed by atoms with van der Waals surface area (Å²) in [6.45, 7) is 0.755. The first-order valence-electron chi connectivity index (χ1n) is 4.93. The van der Waals surface area contributed by atoms with Crippen LogP contribution in [-0.4, -0.2) is 4.98 Å². The molecule has 0 atom stereocenters. The Balaban J connectivity index is 2.02. The fraction of sp³-hybridized carbons (Fsp3) is 0.0833. The van der Waals surface area contributed by atoms with Gasteiger partial charge in [0.2, 0.25) is 0 Å². The molecule has 0 fully saturated rings. The van der Waals surface area contributed by atoms with Crippen molar-refractivity contribution in [3.63, 3.8) is 0 Å². The van der Waals surface area contributed by atoms with Crippen LogP contribution in [0.2, 0.25) is 0 Å². The average molecular weight is 278 g/mol. The van der Waals surface area contributed by atoms with Gasteiger partial charge in [0.1, 0.15) is 0 Å². The maximum atomic E-state index is 5.64. The van der Waals surface area contributed by atoms with Crippen molar-refractivity contribution < 1.29 is 0 Å². The summed E-state index contributed by atoms with van der Waals surface area (Å²) in [6, 6.07) is 10.0. The minimum absolute atomic E-state index is 0.666. The highest BCUT2D eigenvalue weighted by molar-refractivity contribution is 9.10. The van der Waals surface area contributed by atoms with Gasteiger partial charge in [0.15, 0.2) is 0 Å². The number of benzene rings is 1. The normalized spacial score (nSPS) is 10.1. The molecule has 82 valence electrons. The van der Waals surface area contributed by atoms with Gasteiger partial charge in [-0.2, -0.15) is 0 Å². The van der Waals surface area contributed by atoms with Crippen LogP contribution in [0.4, 0.5) is 11.4 Å². The molecule has 0 unspecified atom stereocenters. The molecule has 3 nitrogen and oxygen atoms in total. The molecule has 0 aliphatic heterocycles. The summed E-state index contributed by atoms with van der Waals surface area (Å²) in [7, 11) is 0. The molecule has 0 aliphatic rings. The number of hydrogen-bond acceptors (Lipinski definition) is 3. The number of aromatic nitrogens is 1. The van der Waals surface area contributed by atoms with Gasteiger partial charge in [-0.1, -0.05) is 28.1 Å². The van der Waals surface area contributed by atoms with E-state index in [1.54, 1.807) is 12.4 Å². The number of rotatable bonds is 3. The Morgan fingerprint density at radius 1 is 1.25 bits per heavy atom. The number of nitrogens with one attached hydrogen (secondary N) is 1. The first-order chi connectivity index (χ1) is 7.74. The van der Waals surface area contributed by atoms with Crippen molar-refractivity contribution in [2.45, 2.75) is 6.54 Å². The van der Waals surface area contributed by atoms with Gasteiger partial charge in [-0.25, -0.2) is 0 Å². The molecule has 16 heavy (non-hydrogen) atoms. The second kappa shape index (κ2) is 4.99. The number of nitrogens with two attached hydrogens (primary N) is 1. The number of hydrogen-bond donors (Lipinski definition) is 2. The molecule has 4 heteroatoms. The Hall–Kier alpha value is -1.55. The molecule has 1 aromatic carbocycles. The van der Waals surface area contributed by atoms with E-state index in [0.29, 0.717) is 5.69 Å². The van der Waals surface area contributed by atoms with E-state index in [0.717, 1.165) is 16.7 Å². The van der Waals surface area contributed by atoms with Crippen LogP contribution in [0.15, 0.2) is 47.2 Å². The van der Waals surface area contributed by atoms with E-state index in [-0.39, 0.29) is 0 Å². The van der Waals surface area contributed by atoms with Gasteiger partial charge in [0, 0.05) is 17.2 Å². The van der Waals surface area contributed by atoms with Crippen molar-refractivity contribution >= 4 is 27.3 Å². The molecule has 3 N–H and O–H groups in total. The molecule has 0 saturated heterocycles. The van der Waals surface area contributed by atoms with Gasteiger partial charge in [-0.05, 0) is 23.8 Å². The van der Waals surface area contributed by atoms with Crippen LogP contribution in [0.1, 0.15) is 5.56 Å². The Labute approximate surface area is 103 Å². The van der Waals surface area contributed by atoms with Gasteiger partial charge < -0.3 is 11.1 Å². The lowest BCUT2D eigenvalue weighted by Gasteiger charge is -2.06. The van der Waals surface area contributed by atoms with E-state index in [2.05, 4.69) is 38.4 Å². The zero-order valence-electron chi connectivity index (χ0n) is 8.65. The van der Waals surface area contributed by atoms with Crippen LogP contribution >= 0.6 is 15.9 Å². The van der Waals surface area contributed by atoms with Gasteiger partial charge >= 0.3 is 0 Å². The third-order valence-corrected chi connectivity index (χ3v) is 2.64. The standard InChI is InChI=1S/C12H12BrN3/c13-10-3-1-2-9(4-10)6-16-12-5-11(14)7-15-8-12/h1-5,7-8,16H,6,14H2. The highest BCUT2D eigenvalue weighted by Gasteiger charge is 1.96. The van der Waals surface area contributed by atoms with Crippen LogP contribution in [0, 0.1) is 0 Å². The van der Waals surface area contributed by atoms with Gasteiger partial charge in [-0.15, -0.1) is 0 Å². The van der Waals surface area contributed by atoms with Crippen molar-refractivity contribution in [2.75, 3.05) is 11.1 Å².